The van der Waals surface area contributed by atoms with Crippen molar-refractivity contribution in [2.24, 2.45) is 0 Å². The Morgan fingerprint density at radius 3 is 2.79 bits per heavy atom. The number of para-hydroxylation sites is 1. The van der Waals surface area contributed by atoms with Crippen molar-refractivity contribution in [3.8, 4) is 0 Å². The third-order valence-corrected chi connectivity index (χ3v) is 4.71. The van der Waals surface area contributed by atoms with Gasteiger partial charge in [0.15, 0.2) is 0 Å². The molecule has 0 radical (unpaired) electrons. The molecule has 1 aliphatic heterocycles. The monoisotopic (exact) mass is 276 g/mol. The van der Waals surface area contributed by atoms with Gasteiger partial charge in [-0.2, -0.15) is 0 Å². The predicted octanol–water partition coefficient (Wildman–Crippen LogP) is 3.86. The molecule has 104 valence electrons. The van der Waals surface area contributed by atoms with Crippen molar-refractivity contribution in [1.29, 1.82) is 0 Å². The van der Waals surface area contributed by atoms with Crippen LogP contribution in [0.1, 0.15) is 19.8 Å². The maximum atomic E-state index is 3.79. The molecule has 2 nitrogen and oxygen atoms in total. The first-order valence-corrected chi connectivity index (χ1v) is 8.13. The number of thioether (sulfide) groups is 1. The average molecular weight is 276 g/mol. The Labute approximate surface area is 121 Å². The SMILES string of the molecule is C=CCSc1ccccc1NC1CCN(CC)CC1. The van der Waals surface area contributed by atoms with Gasteiger partial charge >= 0.3 is 0 Å². The van der Waals surface area contributed by atoms with Crippen molar-refractivity contribution >= 4 is 17.4 Å². The zero-order valence-electron chi connectivity index (χ0n) is 11.8. The van der Waals surface area contributed by atoms with Crippen LogP contribution >= 0.6 is 11.8 Å². The molecule has 0 atom stereocenters. The zero-order valence-corrected chi connectivity index (χ0v) is 12.6. The first-order valence-electron chi connectivity index (χ1n) is 7.15. The zero-order chi connectivity index (χ0) is 13.5. The highest BCUT2D eigenvalue weighted by Gasteiger charge is 2.18. The number of piperidine rings is 1. The molecule has 0 aromatic heterocycles. The van der Waals surface area contributed by atoms with Crippen LogP contribution < -0.4 is 5.32 Å². The molecule has 0 bridgehead atoms. The van der Waals surface area contributed by atoms with E-state index in [-0.39, 0.29) is 0 Å². The fraction of sp³-hybridized carbons (Fsp3) is 0.500. The molecule has 3 heteroatoms. The van der Waals surface area contributed by atoms with Crippen molar-refractivity contribution in [2.75, 3.05) is 30.7 Å². The molecule has 1 heterocycles. The highest BCUT2D eigenvalue weighted by molar-refractivity contribution is 7.99. The standard InChI is InChI=1S/C16H24N2S/c1-3-13-19-16-8-6-5-7-15(16)17-14-9-11-18(4-2)12-10-14/h3,5-8,14,17H,1,4,9-13H2,2H3. The third-order valence-electron chi connectivity index (χ3n) is 3.64. The predicted molar refractivity (Wildman–Crippen MR) is 86.1 cm³/mol. The Hall–Kier alpha value is -0.930. The number of rotatable bonds is 6. The number of nitrogens with one attached hydrogen (secondary N) is 1. The fourth-order valence-corrected chi connectivity index (χ4v) is 3.23. The summed E-state index contributed by atoms with van der Waals surface area (Å²) in [5, 5.41) is 3.72. The van der Waals surface area contributed by atoms with E-state index in [1.165, 1.54) is 43.1 Å². The number of nitrogens with zero attached hydrogens (tertiary/aromatic N) is 1. The molecule has 1 aromatic carbocycles. The first kappa shape index (κ1) is 14.5. The average Bonchev–Trinajstić information content (AvgIpc) is 2.47. The summed E-state index contributed by atoms with van der Waals surface area (Å²) < 4.78 is 0. The van der Waals surface area contributed by atoms with Gasteiger partial charge in [-0.05, 0) is 31.5 Å². The van der Waals surface area contributed by atoms with Crippen LogP contribution in [-0.2, 0) is 0 Å². The molecule has 19 heavy (non-hydrogen) atoms. The van der Waals surface area contributed by atoms with E-state index in [4.69, 9.17) is 0 Å². The summed E-state index contributed by atoms with van der Waals surface area (Å²) >= 11 is 1.85. The minimum absolute atomic E-state index is 0.619. The molecule has 1 N–H and O–H groups in total. The number of anilines is 1. The van der Waals surface area contributed by atoms with E-state index in [1.807, 2.05) is 17.8 Å². The third kappa shape index (κ3) is 4.29. The molecule has 0 saturated carbocycles. The maximum absolute atomic E-state index is 3.79. The van der Waals surface area contributed by atoms with Crippen molar-refractivity contribution in [1.82, 2.24) is 4.90 Å². The van der Waals surface area contributed by atoms with Crippen molar-refractivity contribution < 1.29 is 0 Å². The van der Waals surface area contributed by atoms with Gasteiger partial charge in [0.1, 0.15) is 0 Å². The van der Waals surface area contributed by atoms with Gasteiger partial charge in [0.25, 0.3) is 0 Å². The summed E-state index contributed by atoms with van der Waals surface area (Å²) in [4.78, 5) is 3.86. The van der Waals surface area contributed by atoms with Crippen molar-refractivity contribution in [3.05, 3.63) is 36.9 Å². The number of benzene rings is 1. The second kappa shape index (κ2) is 7.61. The Kier molecular flexibility index (Phi) is 5.80. The fourth-order valence-electron chi connectivity index (χ4n) is 2.47. The van der Waals surface area contributed by atoms with E-state index in [0.29, 0.717) is 6.04 Å². The van der Waals surface area contributed by atoms with Gasteiger partial charge in [0, 0.05) is 35.5 Å². The van der Waals surface area contributed by atoms with Gasteiger partial charge in [-0.1, -0.05) is 25.1 Å². The van der Waals surface area contributed by atoms with Gasteiger partial charge < -0.3 is 10.2 Å². The molecule has 1 aromatic rings. The highest BCUT2D eigenvalue weighted by Crippen LogP contribution is 2.28. The van der Waals surface area contributed by atoms with Crippen LogP contribution in [0, 0.1) is 0 Å². The lowest BCUT2D eigenvalue weighted by molar-refractivity contribution is 0.229. The molecule has 1 saturated heterocycles. The van der Waals surface area contributed by atoms with Crippen LogP contribution in [-0.4, -0.2) is 36.3 Å². The van der Waals surface area contributed by atoms with Gasteiger partial charge in [0.2, 0.25) is 0 Å². The molecule has 2 rings (SSSR count). The van der Waals surface area contributed by atoms with Crippen LogP contribution in [0.2, 0.25) is 0 Å². The molecule has 1 fully saturated rings. The normalized spacial score (nSPS) is 17.3. The van der Waals surface area contributed by atoms with Gasteiger partial charge in [0.05, 0.1) is 0 Å². The van der Waals surface area contributed by atoms with E-state index in [9.17, 15) is 0 Å². The van der Waals surface area contributed by atoms with E-state index < -0.39 is 0 Å². The first-order chi connectivity index (χ1) is 9.33. The minimum Gasteiger partial charge on any atom is -0.381 e. The topological polar surface area (TPSA) is 15.3 Å². The van der Waals surface area contributed by atoms with E-state index in [0.717, 1.165) is 5.75 Å². The van der Waals surface area contributed by atoms with E-state index in [1.54, 1.807) is 0 Å². The maximum Gasteiger partial charge on any atom is 0.0480 e. The molecule has 0 unspecified atom stereocenters. The van der Waals surface area contributed by atoms with Gasteiger partial charge in [-0.25, -0.2) is 0 Å². The van der Waals surface area contributed by atoms with Crippen LogP contribution in [0.5, 0.6) is 0 Å². The lowest BCUT2D eigenvalue weighted by atomic mass is 10.0. The summed E-state index contributed by atoms with van der Waals surface area (Å²) in [6.45, 7) is 9.65. The van der Waals surface area contributed by atoms with Crippen molar-refractivity contribution in [2.45, 2.75) is 30.7 Å². The highest BCUT2D eigenvalue weighted by atomic mass is 32.2. The quantitative estimate of drug-likeness (QED) is 0.627. The van der Waals surface area contributed by atoms with Crippen LogP contribution in [0.25, 0.3) is 0 Å². The Morgan fingerprint density at radius 1 is 1.37 bits per heavy atom. The van der Waals surface area contributed by atoms with Gasteiger partial charge in [-0.15, -0.1) is 18.3 Å². The molecule has 0 aliphatic carbocycles. The number of hydrogen-bond donors (Lipinski definition) is 1. The molecule has 1 aliphatic rings. The van der Waals surface area contributed by atoms with E-state index in [2.05, 4.69) is 48.0 Å². The largest absolute Gasteiger partial charge is 0.381 e. The number of hydrogen-bond acceptors (Lipinski definition) is 3. The smallest absolute Gasteiger partial charge is 0.0480 e. The lowest BCUT2D eigenvalue weighted by Gasteiger charge is -2.32. The van der Waals surface area contributed by atoms with Crippen LogP contribution in [0.15, 0.2) is 41.8 Å². The second-order valence-electron chi connectivity index (χ2n) is 4.95. The summed E-state index contributed by atoms with van der Waals surface area (Å²) in [7, 11) is 0. The van der Waals surface area contributed by atoms with Crippen molar-refractivity contribution in [3.63, 3.8) is 0 Å². The second-order valence-corrected chi connectivity index (χ2v) is 6.01. The van der Waals surface area contributed by atoms with E-state index >= 15 is 0 Å². The Bertz CT molecular complexity index is 397. The molecular weight excluding hydrogens is 252 g/mol. The Morgan fingerprint density at radius 2 is 2.11 bits per heavy atom. The molecule has 0 spiro atoms. The van der Waals surface area contributed by atoms with Gasteiger partial charge in [-0.3, -0.25) is 0 Å². The lowest BCUT2D eigenvalue weighted by Crippen LogP contribution is -2.38. The summed E-state index contributed by atoms with van der Waals surface area (Å²) in [6.07, 6.45) is 4.45. The summed E-state index contributed by atoms with van der Waals surface area (Å²) in [6, 6.07) is 9.22. The minimum atomic E-state index is 0.619. The summed E-state index contributed by atoms with van der Waals surface area (Å²) in [5.41, 5.74) is 1.28. The molecule has 0 amide bonds. The molecular formula is C16H24N2S. The van der Waals surface area contributed by atoms with Crippen LogP contribution in [0.4, 0.5) is 5.69 Å². The number of likely N-dealkylation sites (tertiary alicyclic amines) is 1. The summed E-state index contributed by atoms with van der Waals surface area (Å²) in [5.74, 6) is 0.965. The van der Waals surface area contributed by atoms with Crippen LogP contribution in [0.3, 0.4) is 0 Å². The Balaban J connectivity index is 1.93.